The van der Waals surface area contributed by atoms with E-state index in [-0.39, 0.29) is 0 Å². The van der Waals surface area contributed by atoms with Gasteiger partial charge in [-0.05, 0) is 31.0 Å². The fourth-order valence-electron chi connectivity index (χ4n) is 1.32. The van der Waals surface area contributed by atoms with Crippen LogP contribution < -0.4 is 4.74 Å². The zero-order chi connectivity index (χ0) is 10.0. The van der Waals surface area contributed by atoms with Gasteiger partial charge in [0, 0.05) is 6.07 Å². The summed E-state index contributed by atoms with van der Waals surface area (Å²) in [7, 11) is 1.48. The van der Waals surface area contributed by atoms with Crippen molar-refractivity contribution in [2.24, 2.45) is 0 Å². The molecule has 0 bridgehead atoms. The second-order valence-corrected chi connectivity index (χ2v) is 3.00. The Morgan fingerprint density at radius 3 is 2.54 bits per heavy atom. The molecule has 1 N–H and O–H groups in total. The van der Waals surface area contributed by atoms with Gasteiger partial charge in [0.25, 0.3) is 0 Å². The first-order valence-electron chi connectivity index (χ1n) is 4.08. The van der Waals surface area contributed by atoms with Gasteiger partial charge in [-0.1, -0.05) is 0 Å². The molecule has 0 heterocycles. The van der Waals surface area contributed by atoms with Crippen LogP contribution in [0.5, 0.6) is 5.75 Å². The Hall–Kier alpha value is -1.09. The molecule has 1 aromatic carbocycles. The highest BCUT2D eigenvalue weighted by atomic mass is 19.1. The van der Waals surface area contributed by atoms with Crippen LogP contribution in [0.4, 0.5) is 4.39 Å². The number of hydrogen-bond acceptors (Lipinski definition) is 2. The summed E-state index contributed by atoms with van der Waals surface area (Å²) in [5, 5.41) is 9.33. The highest BCUT2D eigenvalue weighted by molar-refractivity contribution is 5.40. The summed E-state index contributed by atoms with van der Waals surface area (Å²) in [6.45, 7) is 3.39. The van der Waals surface area contributed by atoms with Crippen LogP contribution in [0.25, 0.3) is 0 Å². The Morgan fingerprint density at radius 2 is 2.08 bits per heavy atom. The first-order chi connectivity index (χ1) is 6.06. The van der Waals surface area contributed by atoms with Gasteiger partial charge in [-0.25, -0.2) is 4.39 Å². The fourth-order valence-corrected chi connectivity index (χ4v) is 1.32. The number of halogens is 1. The van der Waals surface area contributed by atoms with Crippen molar-refractivity contribution >= 4 is 0 Å². The van der Waals surface area contributed by atoms with Crippen LogP contribution in [-0.2, 0) is 0 Å². The molecular weight excluding hydrogens is 171 g/mol. The molecule has 0 aliphatic rings. The Kier molecular flexibility index (Phi) is 2.88. The molecule has 13 heavy (non-hydrogen) atoms. The van der Waals surface area contributed by atoms with Crippen LogP contribution in [0.15, 0.2) is 12.1 Å². The number of aliphatic hydroxyl groups excluding tert-OH is 1. The summed E-state index contributed by atoms with van der Waals surface area (Å²) in [4.78, 5) is 0. The van der Waals surface area contributed by atoms with E-state index in [1.165, 1.54) is 19.2 Å². The monoisotopic (exact) mass is 184 g/mol. The van der Waals surface area contributed by atoms with Crippen LogP contribution >= 0.6 is 0 Å². The smallest absolute Gasteiger partial charge is 0.127 e. The minimum Gasteiger partial charge on any atom is -0.496 e. The van der Waals surface area contributed by atoms with Gasteiger partial charge in [0.15, 0.2) is 0 Å². The van der Waals surface area contributed by atoms with Crippen molar-refractivity contribution < 1.29 is 14.2 Å². The van der Waals surface area contributed by atoms with Crippen LogP contribution in [0, 0.1) is 12.7 Å². The molecule has 0 saturated carbocycles. The molecule has 0 fully saturated rings. The lowest BCUT2D eigenvalue weighted by Gasteiger charge is -2.12. The Balaban J connectivity index is 3.27. The molecule has 2 nitrogen and oxygen atoms in total. The molecule has 0 aliphatic carbocycles. The molecule has 1 unspecified atom stereocenters. The van der Waals surface area contributed by atoms with Gasteiger partial charge in [-0.2, -0.15) is 0 Å². The van der Waals surface area contributed by atoms with E-state index in [4.69, 9.17) is 4.74 Å². The molecule has 0 radical (unpaired) electrons. The van der Waals surface area contributed by atoms with E-state index in [0.29, 0.717) is 11.3 Å². The van der Waals surface area contributed by atoms with E-state index in [9.17, 15) is 9.50 Å². The van der Waals surface area contributed by atoms with Crippen LogP contribution in [0.2, 0.25) is 0 Å². The first kappa shape index (κ1) is 9.99. The molecule has 0 spiro atoms. The van der Waals surface area contributed by atoms with E-state index in [2.05, 4.69) is 0 Å². The zero-order valence-corrected chi connectivity index (χ0v) is 7.97. The molecule has 0 aromatic heterocycles. The van der Waals surface area contributed by atoms with Gasteiger partial charge in [-0.3, -0.25) is 0 Å². The van der Waals surface area contributed by atoms with E-state index in [1.54, 1.807) is 13.8 Å². The van der Waals surface area contributed by atoms with E-state index in [0.717, 1.165) is 5.56 Å². The standard InChI is InChI=1S/C10H13FO2/c1-6-9(7(2)12)4-8(11)5-10(6)13-3/h4-5,7,12H,1-3H3. The Labute approximate surface area is 77.0 Å². The van der Waals surface area contributed by atoms with Crippen molar-refractivity contribution in [2.45, 2.75) is 20.0 Å². The minimum absolute atomic E-state index is 0.390. The quantitative estimate of drug-likeness (QED) is 0.763. The van der Waals surface area contributed by atoms with Gasteiger partial charge in [0.05, 0.1) is 13.2 Å². The van der Waals surface area contributed by atoms with Crippen molar-refractivity contribution in [2.75, 3.05) is 7.11 Å². The predicted octanol–water partition coefficient (Wildman–Crippen LogP) is 2.20. The summed E-state index contributed by atoms with van der Waals surface area (Å²) in [5.74, 6) is 0.0780. The zero-order valence-electron chi connectivity index (χ0n) is 7.97. The van der Waals surface area contributed by atoms with Crippen molar-refractivity contribution in [3.63, 3.8) is 0 Å². The van der Waals surface area contributed by atoms with Crippen molar-refractivity contribution in [3.05, 3.63) is 29.1 Å². The van der Waals surface area contributed by atoms with Crippen molar-refractivity contribution in [3.8, 4) is 5.75 Å². The van der Waals surface area contributed by atoms with Gasteiger partial charge >= 0.3 is 0 Å². The summed E-state index contributed by atoms with van der Waals surface area (Å²) in [6.07, 6.45) is -0.676. The third-order valence-electron chi connectivity index (χ3n) is 2.03. The molecule has 1 aromatic rings. The molecule has 0 saturated heterocycles. The van der Waals surface area contributed by atoms with E-state index >= 15 is 0 Å². The van der Waals surface area contributed by atoms with Crippen LogP contribution in [0.3, 0.4) is 0 Å². The second kappa shape index (κ2) is 3.75. The van der Waals surface area contributed by atoms with Gasteiger partial charge in [-0.15, -0.1) is 0 Å². The lowest BCUT2D eigenvalue weighted by Crippen LogP contribution is -1.99. The molecule has 0 amide bonds. The molecular formula is C10H13FO2. The topological polar surface area (TPSA) is 29.5 Å². The maximum atomic E-state index is 13.0. The highest BCUT2D eigenvalue weighted by Crippen LogP contribution is 2.27. The lowest BCUT2D eigenvalue weighted by molar-refractivity contribution is 0.197. The van der Waals surface area contributed by atoms with E-state index < -0.39 is 11.9 Å². The highest BCUT2D eigenvalue weighted by Gasteiger charge is 2.11. The largest absolute Gasteiger partial charge is 0.496 e. The van der Waals surface area contributed by atoms with Crippen molar-refractivity contribution in [1.29, 1.82) is 0 Å². The molecule has 3 heteroatoms. The third kappa shape index (κ3) is 1.98. The second-order valence-electron chi connectivity index (χ2n) is 3.00. The average Bonchev–Trinajstić information content (AvgIpc) is 2.08. The van der Waals surface area contributed by atoms with E-state index in [1.807, 2.05) is 0 Å². The summed E-state index contributed by atoms with van der Waals surface area (Å²) >= 11 is 0. The number of benzene rings is 1. The number of hydrogen-bond donors (Lipinski definition) is 1. The Bertz CT molecular complexity index is 308. The third-order valence-corrected chi connectivity index (χ3v) is 2.03. The molecule has 1 rings (SSSR count). The fraction of sp³-hybridized carbons (Fsp3) is 0.400. The molecule has 0 aliphatic heterocycles. The van der Waals surface area contributed by atoms with Crippen LogP contribution in [-0.4, -0.2) is 12.2 Å². The van der Waals surface area contributed by atoms with Gasteiger partial charge in [0.2, 0.25) is 0 Å². The summed E-state index contributed by atoms with van der Waals surface area (Å²) in [5.41, 5.74) is 1.34. The van der Waals surface area contributed by atoms with Crippen LogP contribution in [0.1, 0.15) is 24.2 Å². The molecule has 1 atom stereocenters. The number of aliphatic hydroxyl groups is 1. The summed E-state index contributed by atoms with van der Waals surface area (Å²) in [6, 6.07) is 2.63. The van der Waals surface area contributed by atoms with Gasteiger partial charge in [0.1, 0.15) is 11.6 Å². The number of ether oxygens (including phenoxy) is 1. The maximum absolute atomic E-state index is 13.0. The number of methoxy groups -OCH3 is 1. The minimum atomic E-state index is -0.676. The van der Waals surface area contributed by atoms with Crippen molar-refractivity contribution in [1.82, 2.24) is 0 Å². The number of rotatable bonds is 2. The summed E-state index contributed by atoms with van der Waals surface area (Å²) < 4.78 is 17.9. The Morgan fingerprint density at radius 1 is 1.46 bits per heavy atom. The van der Waals surface area contributed by atoms with Gasteiger partial charge < -0.3 is 9.84 Å². The maximum Gasteiger partial charge on any atom is 0.127 e. The predicted molar refractivity (Wildman–Crippen MR) is 48.3 cm³/mol. The molecule has 72 valence electrons. The lowest BCUT2D eigenvalue weighted by atomic mass is 10.0. The average molecular weight is 184 g/mol. The normalized spacial score (nSPS) is 12.7. The first-order valence-corrected chi connectivity index (χ1v) is 4.08. The SMILES string of the molecule is COc1cc(F)cc(C(C)O)c1C.